The van der Waals surface area contributed by atoms with Crippen molar-refractivity contribution in [3.05, 3.63) is 77.9 Å². The second kappa shape index (κ2) is 8.97. The Morgan fingerprint density at radius 1 is 1.04 bits per heavy atom. The molecule has 0 atom stereocenters. The molecule has 4 nitrogen and oxygen atoms in total. The average Bonchev–Trinajstić information content (AvgIpc) is 2.69. The van der Waals surface area contributed by atoms with E-state index < -0.39 is 0 Å². The Kier molecular flexibility index (Phi) is 6.17. The van der Waals surface area contributed by atoms with Crippen LogP contribution in [0.25, 0.3) is 10.8 Å². The molecule has 0 bridgehead atoms. The molecule has 0 aliphatic carbocycles. The van der Waals surface area contributed by atoms with Crippen molar-refractivity contribution in [1.82, 2.24) is 10.7 Å². The summed E-state index contributed by atoms with van der Waals surface area (Å²) >= 11 is 5.06. The van der Waals surface area contributed by atoms with E-state index in [2.05, 4.69) is 46.2 Å². The zero-order valence-electron chi connectivity index (χ0n) is 14.6. The molecule has 3 aromatic rings. The first-order valence-electron chi connectivity index (χ1n) is 8.47. The van der Waals surface area contributed by atoms with E-state index in [0.29, 0.717) is 11.7 Å². The standard InChI is InChI=1S/C21H21N3OS/c1-22-21(26)24-23-15-19-18-10-6-5-9-17(18)11-12-20(19)25-14-13-16-7-3-2-4-8-16/h2-12,15H,13-14H2,1H3,(H2,22,24,26)/b23-15-. The largest absolute Gasteiger partial charge is 0.493 e. The highest BCUT2D eigenvalue weighted by Crippen LogP contribution is 2.26. The maximum atomic E-state index is 6.07. The van der Waals surface area contributed by atoms with Crippen LogP contribution in [-0.4, -0.2) is 25.0 Å². The minimum atomic E-state index is 0.466. The summed E-state index contributed by atoms with van der Waals surface area (Å²) in [4.78, 5) is 0. The zero-order valence-corrected chi connectivity index (χ0v) is 15.4. The summed E-state index contributed by atoms with van der Waals surface area (Å²) in [6.07, 6.45) is 2.61. The lowest BCUT2D eigenvalue weighted by Crippen LogP contribution is -2.28. The van der Waals surface area contributed by atoms with Crippen molar-refractivity contribution in [3.63, 3.8) is 0 Å². The molecule has 0 fully saturated rings. The number of hydrazone groups is 1. The fraction of sp³-hybridized carbons (Fsp3) is 0.143. The van der Waals surface area contributed by atoms with E-state index in [0.717, 1.165) is 28.5 Å². The van der Waals surface area contributed by atoms with Gasteiger partial charge in [-0.05, 0) is 34.6 Å². The molecule has 132 valence electrons. The number of benzene rings is 3. The van der Waals surface area contributed by atoms with E-state index in [1.807, 2.05) is 36.4 Å². The van der Waals surface area contributed by atoms with E-state index >= 15 is 0 Å². The highest BCUT2D eigenvalue weighted by Gasteiger charge is 2.07. The minimum Gasteiger partial charge on any atom is -0.493 e. The number of rotatable bonds is 6. The third-order valence-electron chi connectivity index (χ3n) is 4.01. The van der Waals surface area contributed by atoms with Gasteiger partial charge in [0.1, 0.15) is 5.75 Å². The van der Waals surface area contributed by atoms with Gasteiger partial charge in [-0.2, -0.15) is 5.10 Å². The van der Waals surface area contributed by atoms with Crippen LogP contribution in [0.15, 0.2) is 71.8 Å². The van der Waals surface area contributed by atoms with Crippen LogP contribution in [0, 0.1) is 0 Å². The Morgan fingerprint density at radius 3 is 2.62 bits per heavy atom. The van der Waals surface area contributed by atoms with E-state index in [1.54, 1.807) is 13.3 Å². The molecule has 2 N–H and O–H groups in total. The van der Waals surface area contributed by atoms with Gasteiger partial charge in [0, 0.05) is 19.0 Å². The van der Waals surface area contributed by atoms with Gasteiger partial charge in [-0.15, -0.1) is 0 Å². The molecule has 0 aliphatic heterocycles. The van der Waals surface area contributed by atoms with Crippen molar-refractivity contribution in [2.45, 2.75) is 6.42 Å². The van der Waals surface area contributed by atoms with Crippen molar-refractivity contribution >= 4 is 34.3 Å². The van der Waals surface area contributed by atoms with Crippen molar-refractivity contribution < 1.29 is 4.74 Å². The Hall–Kier alpha value is -2.92. The van der Waals surface area contributed by atoms with Gasteiger partial charge in [-0.1, -0.05) is 60.7 Å². The molecule has 0 unspecified atom stereocenters. The Morgan fingerprint density at radius 2 is 1.81 bits per heavy atom. The molecule has 3 rings (SSSR count). The summed E-state index contributed by atoms with van der Waals surface area (Å²) < 4.78 is 6.07. The number of nitrogens with zero attached hydrogens (tertiary/aromatic N) is 1. The molecule has 0 saturated carbocycles. The molecular formula is C21H21N3OS. The number of fused-ring (bicyclic) bond motifs is 1. The number of ether oxygens (including phenoxy) is 1. The van der Waals surface area contributed by atoms with Crippen molar-refractivity contribution in [2.75, 3.05) is 13.7 Å². The normalized spacial score (nSPS) is 10.8. The van der Waals surface area contributed by atoms with Gasteiger partial charge in [-0.25, -0.2) is 0 Å². The molecule has 0 spiro atoms. The van der Waals surface area contributed by atoms with Crippen molar-refractivity contribution in [2.24, 2.45) is 5.10 Å². The third kappa shape index (κ3) is 4.58. The number of thiocarbonyl (C=S) groups is 1. The molecule has 0 amide bonds. The lowest BCUT2D eigenvalue weighted by atomic mass is 10.0. The van der Waals surface area contributed by atoms with Crippen LogP contribution >= 0.6 is 12.2 Å². The number of nitrogens with one attached hydrogen (secondary N) is 2. The maximum absolute atomic E-state index is 6.07. The first kappa shape index (κ1) is 17.9. The van der Waals surface area contributed by atoms with Gasteiger partial charge >= 0.3 is 0 Å². The molecule has 0 saturated heterocycles. The molecule has 5 heteroatoms. The average molecular weight is 363 g/mol. The number of hydrogen-bond acceptors (Lipinski definition) is 3. The van der Waals surface area contributed by atoms with E-state index in [-0.39, 0.29) is 0 Å². The number of hydrogen-bond donors (Lipinski definition) is 2. The Labute approximate surface area is 158 Å². The smallest absolute Gasteiger partial charge is 0.186 e. The maximum Gasteiger partial charge on any atom is 0.186 e. The van der Waals surface area contributed by atoms with Crippen molar-refractivity contribution in [1.29, 1.82) is 0 Å². The topological polar surface area (TPSA) is 45.7 Å². The van der Waals surface area contributed by atoms with Gasteiger partial charge in [0.2, 0.25) is 0 Å². The second-order valence-corrected chi connectivity index (χ2v) is 6.14. The molecule has 0 aliphatic rings. The van der Waals surface area contributed by atoms with Crippen LogP contribution < -0.4 is 15.5 Å². The lowest BCUT2D eigenvalue weighted by molar-refractivity contribution is 0.322. The zero-order chi connectivity index (χ0) is 18.2. The molecule has 0 aromatic heterocycles. The summed E-state index contributed by atoms with van der Waals surface area (Å²) in [5.74, 6) is 0.806. The first-order chi connectivity index (χ1) is 12.8. The van der Waals surface area contributed by atoms with Gasteiger partial charge in [0.05, 0.1) is 12.8 Å². The van der Waals surface area contributed by atoms with Gasteiger partial charge in [0.25, 0.3) is 0 Å². The van der Waals surface area contributed by atoms with Gasteiger partial charge in [0.15, 0.2) is 5.11 Å². The lowest BCUT2D eigenvalue weighted by Gasteiger charge is -2.12. The Bertz CT molecular complexity index is 910. The summed E-state index contributed by atoms with van der Waals surface area (Å²) in [7, 11) is 1.75. The van der Waals surface area contributed by atoms with Crippen LogP contribution in [0.4, 0.5) is 0 Å². The van der Waals surface area contributed by atoms with Gasteiger partial charge < -0.3 is 10.1 Å². The third-order valence-corrected chi connectivity index (χ3v) is 4.30. The predicted octanol–water partition coefficient (Wildman–Crippen LogP) is 3.89. The molecule has 0 radical (unpaired) electrons. The summed E-state index contributed by atoms with van der Waals surface area (Å²) in [5, 5.41) is 9.76. The predicted molar refractivity (Wildman–Crippen MR) is 112 cm³/mol. The first-order valence-corrected chi connectivity index (χ1v) is 8.88. The molecule has 26 heavy (non-hydrogen) atoms. The van der Waals surface area contributed by atoms with Crippen molar-refractivity contribution in [3.8, 4) is 5.75 Å². The quantitative estimate of drug-likeness (QED) is 0.396. The second-order valence-electron chi connectivity index (χ2n) is 5.73. The minimum absolute atomic E-state index is 0.466. The summed E-state index contributed by atoms with van der Waals surface area (Å²) in [6.45, 7) is 0.603. The van der Waals surface area contributed by atoms with Gasteiger partial charge in [-0.3, -0.25) is 5.43 Å². The summed E-state index contributed by atoms with van der Waals surface area (Å²) in [5.41, 5.74) is 4.98. The fourth-order valence-electron chi connectivity index (χ4n) is 2.67. The SMILES string of the molecule is CNC(=S)N/N=C\c1c(OCCc2ccccc2)ccc2ccccc12. The Balaban J connectivity index is 1.81. The van der Waals surface area contributed by atoms with Crippen LogP contribution in [0.1, 0.15) is 11.1 Å². The van der Waals surface area contributed by atoms with E-state index in [1.165, 1.54) is 5.56 Å². The highest BCUT2D eigenvalue weighted by atomic mass is 32.1. The molecule has 0 heterocycles. The van der Waals surface area contributed by atoms with Crippen LogP contribution in [0.3, 0.4) is 0 Å². The van der Waals surface area contributed by atoms with Crippen LogP contribution in [0.2, 0.25) is 0 Å². The highest BCUT2D eigenvalue weighted by molar-refractivity contribution is 7.80. The van der Waals surface area contributed by atoms with E-state index in [9.17, 15) is 0 Å². The van der Waals surface area contributed by atoms with Crippen LogP contribution in [-0.2, 0) is 6.42 Å². The monoisotopic (exact) mass is 363 g/mol. The van der Waals surface area contributed by atoms with E-state index in [4.69, 9.17) is 17.0 Å². The summed E-state index contributed by atoms with van der Waals surface area (Å²) in [6, 6.07) is 22.5. The van der Waals surface area contributed by atoms with Crippen LogP contribution in [0.5, 0.6) is 5.75 Å². The molecular weight excluding hydrogens is 342 g/mol. The fourth-order valence-corrected chi connectivity index (χ4v) is 2.72. The molecule has 3 aromatic carbocycles.